The minimum Gasteiger partial charge on any atom is -0.462 e. The lowest BCUT2D eigenvalue weighted by molar-refractivity contribution is -0.143. The highest BCUT2D eigenvalue weighted by Crippen LogP contribution is 2.34. The highest BCUT2D eigenvalue weighted by atomic mass is 35.5. The molecule has 31 heavy (non-hydrogen) atoms. The maximum Gasteiger partial charge on any atom is 0.338 e. The summed E-state index contributed by atoms with van der Waals surface area (Å²) >= 11 is 7.74. The Bertz CT molecular complexity index is 1380. The van der Waals surface area contributed by atoms with Gasteiger partial charge < -0.3 is 9.15 Å². The quantitative estimate of drug-likeness (QED) is 0.560. The predicted octanol–water partition coefficient (Wildman–Crippen LogP) is 3.74. The molecule has 1 aliphatic heterocycles. The third kappa shape index (κ3) is 4.03. The van der Waals surface area contributed by atoms with Crippen LogP contribution in [0.25, 0.3) is 6.08 Å². The number of esters is 1. The van der Waals surface area contributed by atoms with Crippen molar-refractivity contribution in [3.05, 3.63) is 89.5 Å². The van der Waals surface area contributed by atoms with Crippen LogP contribution in [0.15, 0.2) is 61.9 Å². The summed E-state index contributed by atoms with van der Waals surface area (Å²) in [5.41, 5.74) is 1.16. The van der Waals surface area contributed by atoms with Crippen molar-refractivity contribution >= 4 is 35.0 Å². The van der Waals surface area contributed by atoms with Crippen molar-refractivity contribution in [3.63, 3.8) is 0 Å². The van der Waals surface area contributed by atoms with Gasteiger partial charge in [-0.3, -0.25) is 9.36 Å². The van der Waals surface area contributed by atoms with Crippen molar-refractivity contribution in [2.45, 2.75) is 39.8 Å². The molecule has 160 valence electrons. The molecular weight excluding hydrogens is 436 g/mol. The SMILES string of the molecule is CC1=C(C(=O)OC(C)C)C(c2ccccc2Cl)n2c(sc(=Cc3ccc(C)o3)c2=O)=N1. The Kier molecular flexibility index (Phi) is 5.73. The van der Waals surface area contributed by atoms with Crippen molar-refractivity contribution in [1.29, 1.82) is 0 Å². The maximum absolute atomic E-state index is 13.4. The highest BCUT2D eigenvalue weighted by Gasteiger charge is 2.34. The van der Waals surface area contributed by atoms with E-state index in [1.165, 1.54) is 15.9 Å². The van der Waals surface area contributed by atoms with E-state index in [1.807, 2.05) is 19.1 Å². The number of benzene rings is 1. The predicted molar refractivity (Wildman–Crippen MR) is 120 cm³/mol. The van der Waals surface area contributed by atoms with Crippen molar-refractivity contribution in [1.82, 2.24) is 4.57 Å². The number of halogens is 1. The smallest absolute Gasteiger partial charge is 0.338 e. The molecule has 0 N–H and O–H groups in total. The first-order valence-corrected chi connectivity index (χ1v) is 11.0. The number of nitrogens with zero attached hydrogens (tertiary/aromatic N) is 2. The number of carbonyl (C=O) groups is 1. The molecule has 6 nitrogen and oxygen atoms in total. The standard InChI is InChI=1S/C23H21ClN2O4S/c1-12(2)29-22(28)19-14(4)25-23-26(20(19)16-7-5-6-8-17(16)24)21(27)18(31-23)11-15-10-9-13(3)30-15/h5-12,20H,1-4H3. The van der Waals surface area contributed by atoms with Gasteiger partial charge in [-0.2, -0.15) is 0 Å². The fourth-order valence-electron chi connectivity index (χ4n) is 3.51. The summed E-state index contributed by atoms with van der Waals surface area (Å²) < 4.78 is 13.0. The number of allylic oxidation sites excluding steroid dienone is 1. The molecule has 2 aromatic heterocycles. The molecule has 3 aromatic rings. The zero-order chi connectivity index (χ0) is 22.3. The topological polar surface area (TPSA) is 73.8 Å². The lowest BCUT2D eigenvalue weighted by Crippen LogP contribution is -2.40. The average molecular weight is 457 g/mol. The van der Waals surface area contributed by atoms with Gasteiger partial charge in [0.25, 0.3) is 5.56 Å². The lowest BCUT2D eigenvalue weighted by atomic mass is 9.96. The molecule has 0 aliphatic carbocycles. The number of furan rings is 1. The van der Waals surface area contributed by atoms with E-state index in [2.05, 4.69) is 4.99 Å². The third-order valence-corrected chi connectivity index (χ3v) is 6.15. The van der Waals surface area contributed by atoms with E-state index in [-0.39, 0.29) is 11.7 Å². The summed E-state index contributed by atoms with van der Waals surface area (Å²) in [4.78, 5) is 31.5. The zero-order valence-electron chi connectivity index (χ0n) is 17.5. The van der Waals surface area contributed by atoms with Crippen molar-refractivity contribution in [2.24, 2.45) is 4.99 Å². The van der Waals surface area contributed by atoms with Crippen LogP contribution in [-0.2, 0) is 9.53 Å². The molecule has 1 aromatic carbocycles. The summed E-state index contributed by atoms with van der Waals surface area (Å²) in [6.45, 7) is 7.14. The number of aryl methyl sites for hydroxylation is 1. The Balaban J connectivity index is 1.98. The highest BCUT2D eigenvalue weighted by molar-refractivity contribution is 7.07. The Morgan fingerprint density at radius 3 is 2.65 bits per heavy atom. The molecule has 8 heteroatoms. The van der Waals surface area contributed by atoms with Crippen molar-refractivity contribution in [2.75, 3.05) is 0 Å². The summed E-state index contributed by atoms with van der Waals surface area (Å²) in [7, 11) is 0. The minimum atomic E-state index is -0.739. The molecule has 0 amide bonds. The number of carbonyl (C=O) groups excluding carboxylic acids is 1. The van der Waals surface area contributed by atoms with Crippen LogP contribution in [0.1, 0.15) is 43.9 Å². The summed E-state index contributed by atoms with van der Waals surface area (Å²) in [5, 5.41) is 0.452. The maximum atomic E-state index is 13.4. The molecule has 0 spiro atoms. The van der Waals surface area contributed by atoms with E-state index in [9.17, 15) is 9.59 Å². The lowest BCUT2D eigenvalue weighted by Gasteiger charge is -2.26. The number of hydrogen-bond donors (Lipinski definition) is 0. The van der Waals surface area contributed by atoms with E-state index in [4.69, 9.17) is 20.8 Å². The van der Waals surface area contributed by atoms with Gasteiger partial charge in [0.1, 0.15) is 17.6 Å². The van der Waals surface area contributed by atoms with Gasteiger partial charge in [0.15, 0.2) is 4.80 Å². The molecule has 0 bridgehead atoms. The fraction of sp³-hybridized carbons (Fsp3) is 0.261. The number of thiazole rings is 1. The van der Waals surface area contributed by atoms with Crippen LogP contribution in [0.3, 0.4) is 0 Å². The molecule has 0 fully saturated rings. The van der Waals surface area contributed by atoms with Crippen LogP contribution in [0.5, 0.6) is 0 Å². The van der Waals surface area contributed by atoms with Crippen LogP contribution < -0.4 is 14.9 Å². The van der Waals surface area contributed by atoms with Crippen molar-refractivity contribution < 1.29 is 13.9 Å². The van der Waals surface area contributed by atoms with Crippen molar-refractivity contribution in [3.8, 4) is 0 Å². The summed E-state index contributed by atoms with van der Waals surface area (Å²) in [5.74, 6) is 0.812. The van der Waals surface area contributed by atoms with E-state index in [1.54, 1.807) is 51.1 Å². The normalized spacial score (nSPS) is 16.5. The van der Waals surface area contributed by atoms with Crippen LogP contribution in [0, 0.1) is 6.92 Å². The second kappa shape index (κ2) is 8.32. The Morgan fingerprint density at radius 1 is 1.26 bits per heavy atom. The van der Waals surface area contributed by atoms with Gasteiger partial charge in [0.2, 0.25) is 0 Å². The van der Waals surface area contributed by atoms with E-state index in [0.29, 0.717) is 37.0 Å². The first kappa shape index (κ1) is 21.3. The monoisotopic (exact) mass is 456 g/mol. The molecule has 0 radical (unpaired) electrons. The number of fused-ring (bicyclic) bond motifs is 1. The first-order chi connectivity index (χ1) is 14.8. The molecule has 1 unspecified atom stereocenters. The number of hydrogen-bond acceptors (Lipinski definition) is 6. The zero-order valence-corrected chi connectivity index (χ0v) is 19.1. The second-order valence-electron chi connectivity index (χ2n) is 7.51. The fourth-order valence-corrected chi connectivity index (χ4v) is 4.78. The molecule has 1 atom stereocenters. The summed E-state index contributed by atoms with van der Waals surface area (Å²) in [6.07, 6.45) is 1.37. The third-order valence-electron chi connectivity index (χ3n) is 4.82. The Hall–Kier alpha value is -2.90. The van der Waals surface area contributed by atoms with Gasteiger partial charge in [0.05, 0.1) is 21.9 Å². The number of ether oxygens (including phenoxy) is 1. The molecule has 4 rings (SSSR count). The van der Waals surface area contributed by atoms with Crippen LogP contribution in [0.4, 0.5) is 0 Å². The number of aromatic nitrogens is 1. The molecule has 1 aliphatic rings. The Labute approximate surface area is 187 Å². The average Bonchev–Trinajstić information content (AvgIpc) is 3.23. The Morgan fingerprint density at radius 2 is 2.00 bits per heavy atom. The first-order valence-electron chi connectivity index (χ1n) is 9.80. The van der Waals surface area contributed by atoms with Gasteiger partial charge in [0, 0.05) is 11.1 Å². The minimum absolute atomic E-state index is 0.273. The van der Waals surface area contributed by atoms with Gasteiger partial charge in [-0.15, -0.1) is 0 Å². The van der Waals surface area contributed by atoms with Gasteiger partial charge in [-0.25, -0.2) is 9.79 Å². The molecule has 0 saturated heterocycles. The summed E-state index contributed by atoms with van der Waals surface area (Å²) in [6, 6.07) is 10.1. The van der Waals surface area contributed by atoms with Gasteiger partial charge in [-0.1, -0.05) is 41.1 Å². The largest absolute Gasteiger partial charge is 0.462 e. The van der Waals surface area contributed by atoms with E-state index >= 15 is 0 Å². The van der Waals surface area contributed by atoms with Crippen LogP contribution in [0.2, 0.25) is 5.02 Å². The van der Waals surface area contributed by atoms with Gasteiger partial charge >= 0.3 is 5.97 Å². The van der Waals surface area contributed by atoms with Crippen LogP contribution in [-0.4, -0.2) is 16.6 Å². The molecular formula is C23H21ClN2O4S. The molecule has 0 saturated carbocycles. The van der Waals surface area contributed by atoms with Gasteiger partial charge in [-0.05, 0) is 51.5 Å². The van der Waals surface area contributed by atoms with E-state index < -0.39 is 12.0 Å². The second-order valence-corrected chi connectivity index (χ2v) is 8.92. The van der Waals surface area contributed by atoms with Crippen LogP contribution >= 0.6 is 22.9 Å². The molecule has 3 heterocycles. The number of rotatable bonds is 4. The van der Waals surface area contributed by atoms with E-state index in [0.717, 1.165) is 5.76 Å².